The average Bonchev–Trinajstić information content (AvgIpc) is 3.03. The third kappa shape index (κ3) is 3.82. The summed E-state index contributed by atoms with van der Waals surface area (Å²) in [5.41, 5.74) is 0. The van der Waals surface area contributed by atoms with Gasteiger partial charge in [0.25, 0.3) is 0 Å². The van der Waals surface area contributed by atoms with Crippen LogP contribution in [0, 0.1) is 5.92 Å². The summed E-state index contributed by atoms with van der Waals surface area (Å²) in [5, 5.41) is 1.42. The van der Waals surface area contributed by atoms with Gasteiger partial charge in [-0.15, -0.1) is 0 Å². The highest BCUT2D eigenvalue weighted by molar-refractivity contribution is 7.65. The largest absolute Gasteiger partial charge is 0.338 e. The number of carbonyl (C=O) groups is 1. The summed E-state index contributed by atoms with van der Waals surface area (Å²) in [7, 11) is -0.240. The third-order valence-corrected chi connectivity index (χ3v) is 6.72. The highest BCUT2D eigenvalue weighted by Crippen LogP contribution is 2.36. The summed E-state index contributed by atoms with van der Waals surface area (Å²) in [6.45, 7) is 5.20. The van der Waals surface area contributed by atoms with E-state index >= 15 is 0 Å². The Kier molecular flexibility index (Phi) is 6.04. The van der Waals surface area contributed by atoms with E-state index in [4.69, 9.17) is 0 Å². The van der Waals surface area contributed by atoms with Crippen molar-refractivity contribution in [2.45, 2.75) is 39.5 Å². The molecule has 2 rings (SSSR count). The number of rotatable bonds is 6. The Balaban J connectivity index is 2.02. The minimum Gasteiger partial charge on any atom is -0.338 e. The Labute approximate surface area is 124 Å². The smallest absolute Gasteiger partial charge is 0.225 e. The van der Waals surface area contributed by atoms with Crippen LogP contribution in [-0.4, -0.2) is 29.8 Å². The van der Waals surface area contributed by atoms with Crippen LogP contribution in [-0.2, 0) is 4.79 Å². The molecule has 0 bridgehead atoms. The summed E-state index contributed by atoms with van der Waals surface area (Å²) >= 11 is 0. The van der Waals surface area contributed by atoms with E-state index in [0.717, 1.165) is 31.8 Å². The van der Waals surface area contributed by atoms with Crippen LogP contribution in [0.15, 0.2) is 30.3 Å². The first-order valence-electron chi connectivity index (χ1n) is 7.85. The topological polar surface area (TPSA) is 20.3 Å². The van der Waals surface area contributed by atoms with Crippen LogP contribution in [0.4, 0.5) is 0 Å². The average molecular weight is 291 g/mol. The van der Waals surface area contributed by atoms with Gasteiger partial charge in [-0.25, -0.2) is 0 Å². The summed E-state index contributed by atoms with van der Waals surface area (Å²) < 4.78 is 0. The second-order valence-electron chi connectivity index (χ2n) is 5.51. The van der Waals surface area contributed by atoms with Crippen molar-refractivity contribution in [1.82, 2.24) is 4.90 Å². The van der Waals surface area contributed by atoms with Gasteiger partial charge in [0.1, 0.15) is 0 Å². The van der Waals surface area contributed by atoms with Crippen molar-refractivity contribution in [2.75, 3.05) is 19.0 Å². The molecule has 1 unspecified atom stereocenters. The predicted octanol–water partition coefficient (Wildman–Crippen LogP) is 3.81. The molecule has 0 heterocycles. The van der Waals surface area contributed by atoms with Crippen LogP contribution in [0.5, 0.6) is 0 Å². The van der Waals surface area contributed by atoms with Crippen LogP contribution in [0.25, 0.3) is 0 Å². The monoisotopic (exact) mass is 291 g/mol. The first-order valence-corrected chi connectivity index (χ1v) is 9.56. The van der Waals surface area contributed by atoms with Crippen molar-refractivity contribution in [3.05, 3.63) is 30.3 Å². The minimum absolute atomic E-state index is 0.240. The quantitative estimate of drug-likeness (QED) is 0.730. The molecule has 1 fully saturated rings. The lowest BCUT2D eigenvalue weighted by molar-refractivity contribution is -0.134. The Morgan fingerprint density at radius 2 is 1.85 bits per heavy atom. The fraction of sp³-hybridized carbons (Fsp3) is 0.588. The van der Waals surface area contributed by atoms with Crippen molar-refractivity contribution in [3.8, 4) is 0 Å². The molecule has 0 radical (unpaired) electrons. The minimum atomic E-state index is -0.240. The molecule has 1 amide bonds. The van der Waals surface area contributed by atoms with Crippen molar-refractivity contribution in [2.24, 2.45) is 5.92 Å². The van der Waals surface area contributed by atoms with Gasteiger partial charge in [-0.2, -0.15) is 0 Å². The Hall–Kier alpha value is -0.880. The molecule has 1 atom stereocenters. The molecule has 2 nitrogen and oxygen atoms in total. The standard InChI is InChI=1S/C17H26NOP/c1-3-18(17(19)15-10-8-9-11-15)14-20(4-2)16-12-6-5-7-13-16/h5-7,12-13,15H,3-4,8-11,14H2,1-2H3. The number of nitrogens with zero attached hydrogens (tertiary/aromatic N) is 1. The highest BCUT2D eigenvalue weighted by Gasteiger charge is 2.27. The number of hydrogen-bond acceptors (Lipinski definition) is 1. The fourth-order valence-electron chi connectivity index (χ4n) is 2.97. The van der Waals surface area contributed by atoms with Gasteiger partial charge in [0, 0.05) is 18.7 Å². The molecule has 1 aliphatic carbocycles. The van der Waals surface area contributed by atoms with E-state index in [0.29, 0.717) is 11.8 Å². The second kappa shape index (κ2) is 7.78. The molecule has 0 aliphatic heterocycles. The van der Waals surface area contributed by atoms with E-state index in [9.17, 15) is 4.79 Å². The zero-order chi connectivity index (χ0) is 14.4. The zero-order valence-electron chi connectivity index (χ0n) is 12.7. The van der Waals surface area contributed by atoms with Crippen LogP contribution in [0.1, 0.15) is 39.5 Å². The van der Waals surface area contributed by atoms with Crippen LogP contribution >= 0.6 is 7.92 Å². The van der Waals surface area contributed by atoms with Crippen LogP contribution in [0.3, 0.4) is 0 Å². The normalized spacial score (nSPS) is 17.1. The zero-order valence-corrected chi connectivity index (χ0v) is 13.6. The van der Waals surface area contributed by atoms with Crippen molar-refractivity contribution < 1.29 is 4.79 Å². The first kappa shape index (κ1) is 15.5. The summed E-state index contributed by atoms with van der Waals surface area (Å²) in [5.74, 6) is 0.710. The fourth-order valence-corrected chi connectivity index (χ4v) is 5.04. The van der Waals surface area contributed by atoms with Crippen LogP contribution < -0.4 is 5.30 Å². The summed E-state index contributed by atoms with van der Waals surface area (Å²) in [6, 6.07) is 10.7. The molecule has 1 aromatic carbocycles. The molecule has 1 saturated carbocycles. The van der Waals surface area contributed by atoms with Gasteiger partial charge < -0.3 is 4.90 Å². The lowest BCUT2D eigenvalue weighted by Gasteiger charge is -2.29. The number of benzene rings is 1. The van der Waals surface area contributed by atoms with Gasteiger partial charge in [0.15, 0.2) is 0 Å². The van der Waals surface area contributed by atoms with Gasteiger partial charge in [0.05, 0.1) is 0 Å². The molecular weight excluding hydrogens is 265 g/mol. The van der Waals surface area contributed by atoms with E-state index in [2.05, 4.69) is 49.1 Å². The van der Waals surface area contributed by atoms with Crippen molar-refractivity contribution >= 4 is 19.1 Å². The SMILES string of the molecule is CCN(CP(CC)c1ccccc1)C(=O)C1CCCC1. The molecule has 0 spiro atoms. The maximum absolute atomic E-state index is 12.6. The molecule has 3 heteroatoms. The lowest BCUT2D eigenvalue weighted by Crippen LogP contribution is -2.36. The van der Waals surface area contributed by atoms with E-state index in [1.807, 2.05) is 0 Å². The molecule has 0 aromatic heterocycles. The Morgan fingerprint density at radius 3 is 2.40 bits per heavy atom. The van der Waals surface area contributed by atoms with Crippen molar-refractivity contribution in [1.29, 1.82) is 0 Å². The third-order valence-electron chi connectivity index (χ3n) is 4.24. The molecule has 0 N–H and O–H groups in total. The molecular formula is C17H26NOP. The first-order chi connectivity index (χ1) is 9.76. The summed E-state index contributed by atoms with van der Waals surface area (Å²) in [4.78, 5) is 14.7. The highest BCUT2D eigenvalue weighted by atomic mass is 31.1. The molecule has 1 aromatic rings. The molecule has 110 valence electrons. The molecule has 0 saturated heterocycles. The number of hydrogen-bond donors (Lipinski definition) is 0. The second-order valence-corrected chi connectivity index (χ2v) is 8.02. The summed E-state index contributed by atoms with van der Waals surface area (Å²) in [6.07, 6.45) is 6.75. The van der Waals surface area contributed by atoms with Gasteiger partial charge in [-0.3, -0.25) is 4.79 Å². The van der Waals surface area contributed by atoms with Crippen LogP contribution in [0.2, 0.25) is 0 Å². The molecule has 1 aliphatic rings. The van der Waals surface area contributed by atoms with Gasteiger partial charge in [-0.1, -0.05) is 58.0 Å². The predicted molar refractivity (Wildman–Crippen MR) is 87.7 cm³/mol. The van der Waals surface area contributed by atoms with E-state index in [-0.39, 0.29) is 7.92 Å². The number of amides is 1. The van der Waals surface area contributed by atoms with Gasteiger partial charge in [-0.05, 0) is 31.2 Å². The lowest BCUT2D eigenvalue weighted by atomic mass is 10.1. The van der Waals surface area contributed by atoms with Crippen molar-refractivity contribution in [3.63, 3.8) is 0 Å². The Bertz CT molecular complexity index is 414. The maximum atomic E-state index is 12.6. The van der Waals surface area contributed by atoms with Gasteiger partial charge >= 0.3 is 0 Å². The maximum Gasteiger partial charge on any atom is 0.225 e. The van der Waals surface area contributed by atoms with E-state index in [1.165, 1.54) is 18.1 Å². The van der Waals surface area contributed by atoms with Gasteiger partial charge in [0.2, 0.25) is 5.91 Å². The molecule has 20 heavy (non-hydrogen) atoms. The van der Waals surface area contributed by atoms with E-state index in [1.54, 1.807) is 0 Å². The Morgan fingerprint density at radius 1 is 1.20 bits per heavy atom. The number of carbonyl (C=O) groups excluding carboxylic acids is 1. The van der Waals surface area contributed by atoms with E-state index < -0.39 is 0 Å².